The van der Waals surface area contributed by atoms with Crippen molar-refractivity contribution in [3.05, 3.63) is 90.5 Å². The second-order valence-corrected chi connectivity index (χ2v) is 13.1. The molecule has 10 rings (SSSR count). The molecule has 176 valence electrons. The fourth-order valence-corrected chi connectivity index (χ4v) is 9.98. The van der Waals surface area contributed by atoms with E-state index in [4.69, 9.17) is 0 Å². The molecule has 0 atom stereocenters. The van der Waals surface area contributed by atoms with Gasteiger partial charge in [0.1, 0.15) is 0 Å². The van der Waals surface area contributed by atoms with Crippen LogP contribution in [0.25, 0.3) is 47.7 Å². The van der Waals surface area contributed by atoms with Gasteiger partial charge in [-0.05, 0) is 110 Å². The van der Waals surface area contributed by atoms with E-state index in [2.05, 4.69) is 89.5 Å². The van der Waals surface area contributed by atoms with Crippen LogP contribution < -0.4 is 0 Å². The number of hydrogen-bond donors (Lipinski definition) is 0. The molecule has 0 saturated heterocycles. The molecule has 0 aliphatic heterocycles. The van der Waals surface area contributed by atoms with E-state index in [9.17, 15) is 0 Å². The molecule has 2 heterocycles. The molecule has 36 heavy (non-hydrogen) atoms. The predicted octanol–water partition coefficient (Wildman–Crippen LogP) is 9.62. The fraction of sp³-hybridized carbons (Fsp3) is 0.294. The van der Waals surface area contributed by atoms with Crippen molar-refractivity contribution in [2.75, 3.05) is 0 Å². The molecule has 4 bridgehead atoms. The van der Waals surface area contributed by atoms with E-state index in [-0.39, 0.29) is 0 Å². The van der Waals surface area contributed by atoms with E-state index in [1.54, 1.807) is 5.56 Å². The third kappa shape index (κ3) is 2.66. The summed E-state index contributed by atoms with van der Waals surface area (Å²) in [6.45, 7) is 0. The van der Waals surface area contributed by atoms with Crippen LogP contribution in [0, 0.1) is 17.8 Å². The number of rotatable bonds is 2. The molecule has 2 aromatic heterocycles. The van der Waals surface area contributed by atoms with Crippen LogP contribution >= 0.6 is 11.3 Å². The Morgan fingerprint density at radius 2 is 1.25 bits per heavy atom. The zero-order valence-corrected chi connectivity index (χ0v) is 21.2. The lowest BCUT2D eigenvalue weighted by Gasteiger charge is -2.57. The lowest BCUT2D eigenvalue weighted by molar-refractivity contribution is -0.00512. The standard InChI is InChI=1S/C34H29NS/c1-3-7-30-26(5-1)28-16-24(34-18-21-13-22(19-34)15-23(14-21)20-34)9-11-31(28)35(30)25-10-12-33-29(17-25)27-6-2-4-8-32(27)36-33/h1-12,16-17,21-23H,13-15,18-20H2. The molecule has 4 fully saturated rings. The van der Waals surface area contributed by atoms with Crippen LogP contribution in [-0.4, -0.2) is 4.57 Å². The summed E-state index contributed by atoms with van der Waals surface area (Å²) >= 11 is 1.89. The summed E-state index contributed by atoms with van der Waals surface area (Å²) in [4.78, 5) is 0. The Labute approximate surface area is 215 Å². The second kappa shape index (κ2) is 7.01. The van der Waals surface area contributed by atoms with E-state index in [1.807, 2.05) is 11.3 Å². The van der Waals surface area contributed by atoms with Gasteiger partial charge < -0.3 is 4.57 Å². The molecule has 0 radical (unpaired) electrons. The van der Waals surface area contributed by atoms with Crippen molar-refractivity contribution < 1.29 is 0 Å². The highest BCUT2D eigenvalue weighted by Gasteiger charge is 2.51. The number of thiophene rings is 1. The van der Waals surface area contributed by atoms with Crippen molar-refractivity contribution in [2.45, 2.75) is 43.9 Å². The van der Waals surface area contributed by atoms with E-state index in [0.29, 0.717) is 5.41 Å². The van der Waals surface area contributed by atoms with E-state index in [0.717, 1.165) is 17.8 Å². The summed E-state index contributed by atoms with van der Waals surface area (Å²) in [7, 11) is 0. The molecule has 6 aromatic rings. The van der Waals surface area contributed by atoms with E-state index >= 15 is 0 Å². The molecule has 0 unspecified atom stereocenters. The van der Waals surface area contributed by atoms with Gasteiger partial charge in [0.05, 0.1) is 11.0 Å². The van der Waals surface area contributed by atoms with Gasteiger partial charge in [0, 0.05) is 36.6 Å². The van der Waals surface area contributed by atoms with Crippen LogP contribution in [0.2, 0.25) is 0 Å². The first-order valence-corrected chi connectivity index (χ1v) is 14.5. The maximum Gasteiger partial charge on any atom is 0.0541 e. The molecule has 4 aliphatic carbocycles. The molecular weight excluding hydrogens is 454 g/mol. The lowest BCUT2D eigenvalue weighted by Crippen LogP contribution is -2.48. The maximum atomic E-state index is 2.60. The Morgan fingerprint density at radius 1 is 0.583 bits per heavy atom. The van der Waals surface area contributed by atoms with Crippen molar-refractivity contribution in [2.24, 2.45) is 17.8 Å². The molecule has 2 heteroatoms. The van der Waals surface area contributed by atoms with Crippen LogP contribution in [0.5, 0.6) is 0 Å². The van der Waals surface area contributed by atoms with Gasteiger partial charge in [-0.15, -0.1) is 11.3 Å². The summed E-state index contributed by atoms with van der Waals surface area (Å²) in [5, 5.41) is 5.54. The number of aromatic nitrogens is 1. The van der Waals surface area contributed by atoms with Gasteiger partial charge in [0.25, 0.3) is 0 Å². The van der Waals surface area contributed by atoms with Gasteiger partial charge in [-0.3, -0.25) is 0 Å². The Hall–Kier alpha value is -3.10. The first kappa shape index (κ1) is 20.0. The normalized spacial score (nSPS) is 27.2. The van der Waals surface area contributed by atoms with Crippen molar-refractivity contribution in [1.82, 2.24) is 4.57 Å². The number of hydrogen-bond acceptors (Lipinski definition) is 1. The van der Waals surface area contributed by atoms with Crippen LogP contribution in [0.3, 0.4) is 0 Å². The number of benzene rings is 4. The van der Waals surface area contributed by atoms with Gasteiger partial charge in [-0.25, -0.2) is 0 Å². The summed E-state index contributed by atoms with van der Waals surface area (Å²) < 4.78 is 5.23. The van der Waals surface area contributed by atoms with Crippen LogP contribution in [0.1, 0.15) is 44.1 Å². The first-order valence-electron chi connectivity index (χ1n) is 13.7. The highest BCUT2D eigenvalue weighted by molar-refractivity contribution is 7.25. The molecule has 0 amide bonds. The molecule has 0 N–H and O–H groups in total. The predicted molar refractivity (Wildman–Crippen MR) is 154 cm³/mol. The van der Waals surface area contributed by atoms with Gasteiger partial charge in [-0.2, -0.15) is 0 Å². The number of nitrogens with zero attached hydrogens (tertiary/aromatic N) is 1. The summed E-state index contributed by atoms with van der Waals surface area (Å²) in [6.07, 6.45) is 8.77. The van der Waals surface area contributed by atoms with Crippen molar-refractivity contribution >= 4 is 53.3 Å². The van der Waals surface area contributed by atoms with Crippen LogP contribution in [-0.2, 0) is 5.41 Å². The zero-order valence-electron chi connectivity index (χ0n) is 20.4. The number of fused-ring (bicyclic) bond motifs is 6. The Bertz CT molecular complexity index is 1800. The minimum atomic E-state index is 0.431. The molecular formula is C34H29NS. The van der Waals surface area contributed by atoms with Crippen molar-refractivity contribution in [1.29, 1.82) is 0 Å². The maximum absolute atomic E-state index is 2.60. The fourth-order valence-electron chi connectivity index (χ4n) is 8.90. The van der Waals surface area contributed by atoms with Crippen molar-refractivity contribution in [3.63, 3.8) is 0 Å². The highest BCUT2D eigenvalue weighted by Crippen LogP contribution is 2.61. The average molecular weight is 484 g/mol. The average Bonchev–Trinajstić information content (AvgIpc) is 3.43. The number of para-hydroxylation sites is 1. The topological polar surface area (TPSA) is 4.93 Å². The second-order valence-electron chi connectivity index (χ2n) is 12.1. The lowest BCUT2D eigenvalue weighted by atomic mass is 9.48. The Kier molecular flexibility index (Phi) is 3.90. The van der Waals surface area contributed by atoms with Gasteiger partial charge in [0.2, 0.25) is 0 Å². The molecule has 4 saturated carbocycles. The molecule has 4 aromatic carbocycles. The highest BCUT2D eigenvalue weighted by atomic mass is 32.1. The van der Waals surface area contributed by atoms with Crippen LogP contribution in [0.4, 0.5) is 0 Å². The monoisotopic (exact) mass is 483 g/mol. The van der Waals surface area contributed by atoms with Gasteiger partial charge in [-0.1, -0.05) is 42.5 Å². The SMILES string of the molecule is c1ccc2c(c1)sc1ccc(-n3c4ccccc4c4cc(C56CC7CC(CC(C7)C5)C6)ccc43)cc12. The molecule has 1 nitrogen and oxygen atoms in total. The first-order chi connectivity index (χ1) is 17.7. The molecule has 4 aliphatic rings. The summed E-state index contributed by atoms with van der Waals surface area (Å²) in [5.41, 5.74) is 5.97. The van der Waals surface area contributed by atoms with Crippen LogP contribution in [0.15, 0.2) is 84.9 Å². The van der Waals surface area contributed by atoms with Gasteiger partial charge in [0.15, 0.2) is 0 Å². The van der Waals surface area contributed by atoms with Crippen molar-refractivity contribution in [3.8, 4) is 5.69 Å². The third-order valence-electron chi connectivity index (χ3n) is 9.94. The minimum Gasteiger partial charge on any atom is -0.309 e. The summed E-state index contributed by atoms with van der Waals surface area (Å²) in [5.74, 6) is 2.92. The summed E-state index contributed by atoms with van der Waals surface area (Å²) in [6, 6.07) is 32.4. The largest absolute Gasteiger partial charge is 0.309 e. The minimum absolute atomic E-state index is 0.431. The van der Waals surface area contributed by atoms with E-state index < -0.39 is 0 Å². The quantitative estimate of drug-likeness (QED) is 0.231. The van der Waals surface area contributed by atoms with E-state index in [1.165, 1.54) is 86.2 Å². The molecule has 0 spiro atoms. The Morgan fingerprint density at radius 3 is 2.06 bits per heavy atom. The zero-order chi connectivity index (χ0) is 23.4. The van der Waals surface area contributed by atoms with Gasteiger partial charge >= 0.3 is 0 Å². The third-order valence-corrected chi connectivity index (χ3v) is 11.1. The Balaban J connectivity index is 1.27. The smallest absolute Gasteiger partial charge is 0.0541 e.